The van der Waals surface area contributed by atoms with Crippen molar-refractivity contribution in [2.75, 3.05) is 32.9 Å². The first kappa shape index (κ1) is 19.9. The zero-order valence-electron chi connectivity index (χ0n) is 16.4. The van der Waals surface area contributed by atoms with Crippen LogP contribution in [0.2, 0.25) is 0 Å². The molecule has 0 radical (unpaired) electrons. The Hall–Kier alpha value is -2.44. The molecule has 7 nitrogen and oxygen atoms in total. The van der Waals surface area contributed by atoms with E-state index in [-0.39, 0.29) is 17.9 Å². The lowest BCUT2D eigenvalue weighted by Gasteiger charge is -2.35. The maximum atomic E-state index is 12.6. The van der Waals surface area contributed by atoms with Gasteiger partial charge < -0.3 is 25.0 Å². The SMILES string of the molecule is C[C@@H]1CN(C)C(=O)c2cc(N)ccc2O[C@@H]1CN(C)C(=O)OC(C)(C)C. The molecule has 0 aliphatic carbocycles. The van der Waals surface area contributed by atoms with Gasteiger partial charge in [0.25, 0.3) is 5.91 Å². The predicted molar refractivity (Wildman–Crippen MR) is 100 cm³/mol. The molecule has 0 spiro atoms. The number of nitrogen functional groups attached to an aromatic ring is 1. The van der Waals surface area contributed by atoms with Crippen molar-refractivity contribution in [3.05, 3.63) is 23.8 Å². The summed E-state index contributed by atoms with van der Waals surface area (Å²) in [6.45, 7) is 8.35. The van der Waals surface area contributed by atoms with E-state index >= 15 is 0 Å². The number of nitrogens with two attached hydrogens (primary N) is 1. The second-order valence-electron chi connectivity index (χ2n) is 7.94. The van der Waals surface area contributed by atoms with Crippen molar-refractivity contribution in [3.8, 4) is 5.75 Å². The first-order chi connectivity index (χ1) is 12.0. The number of ether oxygens (including phenoxy) is 2. The number of hydrogen-bond acceptors (Lipinski definition) is 5. The van der Waals surface area contributed by atoms with E-state index < -0.39 is 11.7 Å². The third kappa shape index (κ3) is 4.80. The number of benzene rings is 1. The summed E-state index contributed by atoms with van der Waals surface area (Å²) in [5, 5.41) is 0. The van der Waals surface area contributed by atoms with Crippen LogP contribution in [-0.4, -0.2) is 60.7 Å². The van der Waals surface area contributed by atoms with Crippen LogP contribution in [-0.2, 0) is 4.74 Å². The number of carbonyl (C=O) groups excluding carboxylic acids is 2. The Labute approximate surface area is 155 Å². The lowest BCUT2D eigenvalue weighted by atomic mass is 10.0. The van der Waals surface area contributed by atoms with Crippen LogP contribution in [0, 0.1) is 5.92 Å². The molecule has 0 unspecified atom stereocenters. The minimum Gasteiger partial charge on any atom is -0.487 e. The topological polar surface area (TPSA) is 85.1 Å². The number of likely N-dealkylation sites (N-methyl/N-ethyl adjacent to an activating group) is 1. The third-order valence-electron chi connectivity index (χ3n) is 4.21. The van der Waals surface area contributed by atoms with Crippen LogP contribution in [0.3, 0.4) is 0 Å². The number of rotatable bonds is 2. The zero-order valence-corrected chi connectivity index (χ0v) is 16.4. The highest BCUT2D eigenvalue weighted by atomic mass is 16.6. The molecule has 0 saturated carbocycles. The molecule has 144 valence electrons. The van der Waals surface area contributed by atoms with Gasteiger partial charge in [-0.25, -0.2) is 4.79 Å². The molecule has 2 amide bonds. The van der Waals surface area contributed by atoms with Crippen LogP contribution in [0.4, 0.5) is 10.5 Å². The average molecular weight is 363 g/mol. The summed E-state index contributed by atoms with van der Waals surface area (Å²) in [7, 11) is 3.44. The van der Waals surface area contributed by atoms with E-state index in [1.54, 1.807) is 37.2 Å². The highest BCUT2D eigenvalue weighted by Crippen LogP contribution is 2.28. The molecule has 7 heteroatoms. The number of carbonyl (C=O) groups is 2. The molecule has 0 aromatic heterocycles. The van der Waals surface area contributed by atoms with Gasteiger partial charge in [-0.1, -0.05) is 6.92 Å². The summed E-state index contributed by atoms with van der Waals surface area (Å²) in [5.41, 5.74) is 6.20. The molecule has 2 atom stereocenters. The van der Waals surface area contributed by atoms with Crippen molar-refractivity contribution in [1.29, 1.82) is 0 Å². The molecule has 1 aliphatic heterocycles. The van der Waals surface area contributed by atoms with Crippen molar-refractivity contribution in [3.63, 3.8) is 0 Å². The summed E-state index contributed by atoms with van der Waals surface area (Å²) >= 11 is 0. The predicted octanol–water partition coefficient (Wildman–Crippen LogP) is 2.60. The van der Waals surface area contributed by atoms with Gasteiger partial charge in [-0.2, -0.15) is 0 Å². The first-order valence-corrected chi connectivity index (χ1v) is 8.73. The lowest BCUT2D eigenvalue weighted by Crippen LogP contribution is -2.47. The Morgan fingerprint density at radius 3 is 2.69 bits per heavy atom. The largest absolute Gasteiger partial charge is 0.487 e. The van der Waals surface area contributed by atoms with Gasteiger partial charge in [-0.3, -0.25) is 4.79 Å². The molecule has 1 aliphatic rings. The molecule has 0 bridgehead atoms. The molecule has 2 rings (SSSR count). The Morgan fingerprint density at radius 1 is 1.42 bits per heavy atom. The van der Waals surface area contributed by atoms with Crippen LogP contribution in [0.25, 0.3) is 0 Å². The monoisotopic (exact) mass is 363 g/mol. The summed E-state index contributed by atoms with van der Waals surface area (Å²) < 4.78 is 11.5. The van der Waals surface area contributed by atoms with Crippen molar-refractivity contribution in [2.45, 2.75) is 39.4 Å². The van der Waals surface area contributed by atoms with Gasteiger partial charge >= 0.3 is 6.09 Å². The fourth-order valence-corrected chi connectivity index (χ4v) is 2.84. The van der Waals surface area contributed by atoms with E-state index in [1.807, 2.05) is 27.7 Å². The number of amides is 2. The number of anilines is 1. The van der Waals surface area contributed by atoms with Gasteiger partial charge in [0.1, 0.15) is 17.5 Å². The molecule has 1 aromatic rings. The van der Waals surface area contributed by atoms with E-state index in [2.05, 4.69) is 0 Å². The van der Waals surface area contributed by atoms with E-state index in [4.69, 9.17) is 15.2 Å². The number of nitrogens with zero attached hydrogens (tertiary/aromatic N) is 2. The second-order valence-corrected chi connectivity index (χ2v) is 7.94. The maximum absolute atomic E-state index is 12.6. The normalized spacial score (nSPS) is 20.5. The first-order valence-electron chi connectivity index (χ1n) is 8.73. The standard InChI is InChI=1S/C19H29N3O4/c1-12-10-21(5)17(23)14-9-13(20)7-8-15(14)25-16(12)11-22(6)18(24)26-19(2,3)4/h7-9,12,16H,10-11,20H2,1-6H3/t12-,16-/m1/s1. The van der Waals surface area contributed by atoms with Crippen molar-refractivity contribution in [1.82, 2.24) is 9.80 Å². The van der Waals surface area contributed by atoms with Gasteiger partial charge in [-0.15, -0.1) is 0 Å². The van der Waals surface area contributed by atoms with Crippen LogP contribution in [0.1, 0.15) is 38.1 Å². The van der Waals surface area contributed by atoms with E-state index in [1.165, 1.54) is 4.90 Å². The Morgan fingerprint density at radius 2 is 2.08 bits per heavy atom. The molecule has 0 fully saturated rings. The maximum Gasteiger partial charge on any atom is 0.410 e. The van der Waals surface area contributed by atoms with Crippen molar-refractivity contribution < 1.29 is 19.1 Å². The quantitative estimate of drug-likeness (QED) is 0.817. The number of hydrogen-bond donors (Lipinski definition) is 1. The van der Waals surface area contributed by atoms with Crippen LogP contribution in [0.5, 0.6) is 5.75 Å². The molecule has 1 heterocycles. The highest BCUT2D eigenvalue weighted by Gasteiger charge is 2.31. The second kappa shape index (κ2) is 7.43. The van der Waals surface area contributed by atoms with Gasteiger partial charge in [-0.05, 0) is 39.0 Å². The smallest absolute Gasteiger partial charge is 0.410 e. The summed E-state index contributed by atoms with van der Waals surface area (Å²) in [4.78, 5) is 28.0. The lowest BCUT2D eigenvalue weighted by molar-refractivity contribution is 0.0151. The minimum atomic E-state index is -0.560. The van der Waals surface area contributed by atoms with E-state index in [0.717, 1.165) is 0 Å². The minimum absolute atomic E-state index is 0.0274. The molecule has 2 N–H and O–H groups in total. The summed E-state index contributed by atoms with van der Waals surface area (Å²) in [6.07, 6.45) is -0.692. The van der Waals surface area contributed by atoms with Gasteiger partial charge in [0, 0.05) is 32.2 Å². The zero-order chi connectivity index (χ0) is 19.6. The van der Waals surface area contributed by atoms with Gasteiger partial charge in [0.05, 0.1) is 12.1 Å². The Kier molecular flexibility index (Phi) is 5.68. The van der Waals surface area contributed by atoms with Gasteiger partial charge in [0.2, 0.25) is 0 Å². The fraction of sp³-hybridized carbons (Fsp3) is 0.579. The molecule has 1 aromatic carbocycles. The van der Waals surface area contributed by atoms with E-state index in [0.29, 0.717) is 30.1 Å². The molecule has 26 heavy (non-hydrogen) atoms. The Balaban J connectivity index is 2.23. The van der Waals surface area contributed by atoms with Crippen LogP contribution >= 0.6 is 0 Å². The van der Waals surface area contributed by atoms with Crippen molar-refractivity contribution >= 4 is 17.7 Å². The molecule has 0 saturated heterocycles. The summed E-state index contributed by atoms with van der Waals surface area (Å²) in [6, 6.07) is 5.03. The van der Waals surface area contributed by atoms with E-state index in [9.17, 15) is 9.59 Å². The fourth-order valence-electron chi connectivity index (χ4n) is 2.84. The Bertz CT molecular complexity index is 684. The van der Waals surface area contributed by atoms with Crippen molar-refractivity contribution in [2.24, 2.45) is 5.92 Å². The highest BCUT2D eigenvalue weighted by molar-refractivity contribution is 5.97. The molecular weight excluding hydrogens is 334 g/mol. The van der Waals surface area contributed by atoms with Crippen LogP contribution < -0.4 is 10.5 Å². The number of fused-ring (bicyclic) bond motifs is 1. The van der Waals surface area contributed by atoms with Crippen LogP contribution in [0.15, 0.2) is 18.2 Å². The van der Waals surface area contributed by atoms with Gasteiger partial charge in [0.15, 0.2) is 0 Å². The molecular formula is C19H29N3O4. The third-order valence-corrected chi connectivity index (χ3v) is 4.21. The summed E-state index contributed by atoms with van der Waals surface area (Å²) in [5.74, 6) is 0.378. The average Bonchev–Trinajstić information content (AvgIpc) is 2.52.